The van der Waals surface area contributed by atoms with E-state index in [-0.39, 0.29) is 0 Å². The minimum atomic E-state index is -1.10. The van der Waals surface area contributed by atoms with E-state index in [1.807, 2.05) is 0 Å². The minimum Gasteiger partial charge on any atom is -0.215 e. The third-order valence-electron chi connectivity index (χ3n) is 0.0412. The van der Waals surface area contributed by atoms with Crippen molar-refractivity contribution >= 4 is 11.6 Å². The molecule has 0 aliphatic carbocycles. The van der Waals surface area contributed by atoms with E-state index >= 15 is 0 Å². The van der Waals surface area contributed by atoms with Crippen molar-refractivity contribution < 1.29 is 5.76 Å². The van der Waals surface area contributed by atoms with Crippen LogP contribution in [0.2, 0.25) is 0 Å². The molecule has 0 atom stereocenters. The summed E-state index contributed by atoms with van der Waals surface area (Å²) in [5.41, 5.74) is 0.556. The number of hydrogen-bond donors (Lipinski definition) is 0. The smallest absolute Gasteiger partial charge is 0.0979 e. The molecule has 0 aromatic heterocycles. The summed E-state index contributed by atoms with van der Waals surface area (Å²) in [7, 11) is 0. The lowest BCUT2D eigenvalue weighted by molar-refractivity contribution is 0.723. The molecule has 0 saturated heterocycles. The average Bonchev–Trinajstić information content (AvgIpc) is 1.38. The second-order valence-corrected chi connectivity index (χ2v) is 0.436. The Morgan fingerprint density at radius 1 is 2.25 bits per heavy atom. The number of halogens is 2. The number of rotatable bonds is 0. The Morgan fingerprint density at radius 3 is 2.50 bits per heavy atom. The molecule has 24 valence electrons. The summed E-state index contributed by atoms with van der Waals surface area (Å²) in [5, 5.41) is 0. The Kier molecular flexibility index (Phi) is 1.64. The highest BCUT2D eigenvalue weighted by Crippen LogP contribution is 1.73. The molecule has 0 aliphatic heterocycles. The van der Waals surface area contributed by atoms with Crippen molar-refractivity contribution in [3.8, 4) is 0 Å². The Hall–Kier alpha value is -0.0400. The van der Waals surface area contributed by atoms with Gasteiger partial charge in [-0.2, -0.15) is 0 Å². The molecule has 0 bridgehead atoms. The highest BCUT2D eigenvalue weighted by molar-refractivity contribution is 6.25. The van der Waals surface area contributed by atoms with Crippen molar-refractivity contribution in [3.63, 3.8) is 0 Å². The molecule has 0 aromatic rings. The van der Waals surface area contributed by atoms with Gasteiger partial charge < -0.3 is 0 Å². The number of hydrogen-bond acceptors (Lipinski definition) is 0. The van der Waals surface area contributed by atoms with Crippen molar-refractivity contribution in [2.24, 2.45) is 0 Å². The highest BCUT2D eigenvalue weighted by Gasteiger charge is 1.41. The molecule has 0 rings (SSSR count). The molecule has 0 fully saturated rings. The summed E-state index contributed by atoms with van der Waals surface area (Å²) in [6, 6.07) is 0. The molecule has 0 heterocycles. The average molecular weight is 81.0 g/mol. The lowest BCUT2D eigenvalue weighted by atomic mass is 11.2. The Labute approximate surface area is 30.3 Å². The van der Waals surface area contributed by atoms with Crippen molar-refractivity contribution in [1.82, 2.24) is 0 Å². The van der Waals surface area contributed by atoms with Crippen LogP contribution >= 0.6 is 11.6 Å². The largest absolute Gasteiger partial charge is 0.215 e. The first-order valence-corrected chi connectivity index (χ1v) is 1.13. The van der Waals surface area contributed by atoms with E-state index in [1.165, 1.54) is 0 Å². The Morgan fingerprint density at radius 2 is 2.50 bits per heavy atom. The molecule has 0 nitrogen and oxygen atoms in total. The van der Waals surface area contributed by atoms with Gasteiger partial charge in [-0.15, -0.1) is 0 Å². The SMILES string of the molecule is [2H]/C(F)=C\[35Cl]. The Balaban J connectivity index is 3.14. The zero-order chi connectivity index (χ0) is 4.28. The van der Waals surface area contributed by atoms with Crippen LogP contribution in [0.3, 0.4) is 0 Å². The Bertz CT molecular complexity index is 47.6. The van der Waals surface area contributed by atoms with E-state index in [1.54, 1.807) is 0 Å². The maximum absolute atomic E-state index is 10.8. The second-order valence-electron chi connectivity index (χ2n) is 0.218. The molecule has 0 aromatic carbocycles. The fourth-order valence-electron chi connectivity index (χ4n) is 0. The van der Waals surface area contributed by atoms with Gasteiger partial charge in [0, 0.05) is 5.54 Å². The fraction of sp³-hybridized carbons (Fsp3) is 0. The molecule has 0 saturated carbocycles. The predicted molar refractivity (Wildman–Crippen MR) is 16.1 cm³/mol. The summed E-state index contributed by atoms with van der Waals surface area (Å²) >= 11 is 4.61. The van der Waals surface area contributed by atoms with Gasteiger partial charge in [-0.05, 0) is 0 Å². The summed E-state index contributed by atoms with van der Waals surface area (Å²) in [6.45, 7) is 0. The van der Waals surface area contributed by atoms with Crippen LogP contribution in [0.5, 0.6) is 0 Å². The monoisotopic (exact) mass is 81.0 g/mol. The van der Waals surface area contributed by atoms with Crippen LogP contribution in [-0.4, -0.2) is 0 Å². The molecule has 2 heteroatoms. The van der Waals surface area contributed by atoms with E-state index in [4.69, 9.17) is 1.37 Å². The molecule has 0 spiro atoms. The van der Waals surface area contributed by atoms with Gasteiger partial charge in [-0.3, -0.25) is 0 Å². The normalized spacial score (nSPS) is 15.5. The molecule has 0 aliphatic rings. The van der Waals surface area contributed by atoms with Gasteiger partial charge in [0.05, 0.1) is 7.68 Å². The first-order chi connectivity index (χ1) is 2.27. The van der Waals surface area contributed by atoms with Gasteiger partial charge in [-0.1, -0.05) is 11.6 Å². The van der Waals surface area contributed by atoms with Crippen LogP contribution < -0.4 is 0 Å². The molecule has 0 amide bonds. The molecule has 0 radical (unpaired) electrons. The van der Waals surface area contributed by atoms with Crippen LogP contribution in [0, 0.1) is 0 Å². The first-order valence-electron chi connectivity index (χ1n) is 1.20. The first kappa shape index (κ1) is 2.21. The van der Waals surface area contributed by atoms with Gasteiger partial charge >= 0.3 is 0 Å². The van der Waals surface area contributed by atoms with Crippen LogP contribution in [-0.2, 0) is 0 Å². The summed E-state index contributed by atoms with van der Waals surface area (Å²) in [5.74, 6) is 0. The molecule has 4 heavy (non-hydrogen) atoms. The van der Waals surface area contributed by atoms with Crippen LogP contribution in [0.15, 0.2) is 11.8 Å². The van der Waals surface area contributed by atoms with Crippen molar-refractivity contribution in [2.45, 2.75) is 0 Å². The topological polar surface area (TPSA) is 0 Å². The fourth-order valence-corrected chi connectivity index (χ4v) is 0. The minimum absolute atomic E-state index is 0.556. The van der Waals surface area contributed by atoms with Gasteiger partial charge in [-0.25, -0.2) is 4.39 Å². The van der Waals surface area contributed by atoms with Crippen LogP contribution in [0.1, 0.15) is 1.37 Å². The zero-order valence-electron chi connectivity index (χ0n) is 2.83. The quantitative estimate of drug-likeness (QED) is 0.416. The van der Waals surface area contributed by atoms with Gasteiger partial charge in [0.15, 0.2) is 0 Å². The van der Waals surface area contributed by atoms with Crippen LogP contribution in [0.4, 0.5) is 4.39 Å². The van der Waals surface area contributed by atoms with E-state index in [0.717, 1.165) is 0 Å². The van der Waals surface area contributed by atoms with Crippen LogP contribution in [0.25, 0.3) is 0 Å². The van der Waals surface area contributed by atoms with Crippen molar-refractivity contribution in [3.05, 3.63) is 11.8 Å². The zero-order valence-corrected chi connectivity index (χ0v) is 2.59. The molecular formula is C2H2ClF. The van der Waals surface area contributed by atoms with E-state index in [9.17, 15) is 4.39 Å². The molecule has 0 unspecified atom stereocenters. The van der Waals surface area contributed by atoms with Gasteiger partial charge in [0.25, 0.3) is 0 Å². The van der Waals surface area contributed by atoms with Gasteiger partial charge in [0.2, 0.25) is 0 Å². The van der Waals surface area contributed by atoms with Crippen molar-refractivity contribution in [1.29, 1.82) is 0 Å². The third kappa shape index (κ3) is 1.96. The van der Waals surface area contributed by atoms with Gasteiger partial charge in [0.1, 0.15) is 0 Å². The van der Waals surface area contributed by atoms with E-state index in [0.29, 0.717) is 5.54 Å². The highest BCUT2D eigenvalue weighted by atomic mass is 35.0. The second kappa shape index (κ2) is 2.96. The lowest BCUT2D eigenvalue weighted by Gasteiger charge is -1.43. The third-order valence-corrected chi connectivity index (χ3v) is 0.124. The van der Waals surface area contributed by atoms with E-state index in [2.05, 4.69) is 11.6 Å². The predicted octanol–water partition coefficient (Wildman–Crippen LogP) is 1.67. The summed E-state index contributed by atoms with van der Waals surface area (Å²) in [6.07, 6.45) is -1.10. The summed E-state index contributed by atoms with van der Waals surface area (Å²) in [4.78, 5) is 0. The molecular weight excluding hydrogens is 78.0 g/mol. The molecule has 0 N–H and O–H groups in total. The van der Waals surface area contributed by atoms with Crippen molar-refractivity contribution in [2.75, 3.05) is 0 Å². The maximum atomic E-state index is 10.8. The standard InChI is InChI=1S/C2H2ClF/c3-1-2-4/h1-2H/b2-1+/i2D,3+0. The maximum Gasteiger partial charge on any atom is 0.0979 e. The van der Waals surface area contributed by atoms with E-state index < -0.39 is 6.31 Å². The lowest BCUT2D eigenvalue weighted by Crippen LogP contribution is -1.14. The summed E-state index contributed by atoms with van der Waals surface area (Å²) < 4.78 is 16.7.